The summed E-state index contributed by atoms with van der Waals surface area (Å²) in [6.07, 6.45) is 0.116. The molecule has 0 radical (unpaired) electrons. The van der Waals surface area contributed by atoms with Gasteiger partial charge in [-0.25, -0.2) is 4.79 Å². The summed E-state index contributed by atoms with van der Waals surface area (Å²) in [4.78, 5) is 12.0. The smallest absolute Gasteiger partial charge is 0.412 e. The molecule has 3 aromatic rings. The molecule has 126 valence electrons. The summed E-state index contributed by atoms with van der Waals surface area (Å²) in [5.41, 5.74) is 3.39. The number of ether oxygens (including phenoxy) is 1. The molecule has 25 heavy (non-hydrogen) atoms. The second-order valence-corrected chi connectivity index (χ2v) is 5.70. The number of carbonyl (C=O) groups is 1. The van der Waals surface area contributed by atoms with Crippen LogP contribution in [0.2, 0.25) is 0 Å². The van der Waals surface area contributed by atoms with Crippen LogP contribution in [0.3, 0.4) is 0 Å². The number of hydrogen-bond donors (Lipinski definition) is 2. The van der Waals surface area contributed by atoms with Gasteiger partial charge in [0.05, 0.1) is 5.69 Å². The van der Waals surface area contributed by atoms with E-state index >= 15 is 0 Å². The third-order valence-electron chi connectivity index (χ3n) is 3.76. The van der Waals surface area contributed by atoms with E-state index in [0.29, 0.717) is 5.69 Å². The van der Waals surface area contributed by atoms with Crippen molar-refractivity contribution in [1.82, 2.24) is 0 Å². The van der Waals surface area contributed by atoms with Crippen LogP contribution in [0, 0.1) is 0 Å². The molecule has 2 N–H and O–H groups in total. The summed E-state index contributed by atoms with van der Waals surface area (Å²) in [6, 6.07) is 24.6. The van der Waals surface area contributed by atoms with Crippen molar-refractivity contribution in [3.8, 4) is 5.75 Å². The van der Waals surface area contributed by atoms with Gasteiger partial charge in [0, 0.05) is 0 Å². The summed E-state index contributed by atoms with van der Waals surface area (Å²) in [5.74, 6) is 0.00785. The van der Waals surface area contributed by atoms with Gasteiger partial charge in [-0.2, -0.15) is 0 Å². The number of rotatable bonds is 5. The molecule has 0 fully saturated rings. The minimum Gasteiger partial charge on any atom is -0.506 e. The van der Waals surface area contributed by atoms with Gasteiger partial charge in [0.1, 0.15) is 12.4 Å². The van der Waals surface area contributed by atoms with Gasteiger partial charge in [0.15, 0.2) is 0 Å². The lowest BCUT2D eigenvalue weighted by Gasteiger charge is -2.10. The Bertz CT molecular complexity index is 832. The van der Waals surface area contributed by atoms with Crippen molar-refractivity contribution in [3.05, 3.63) is 95.6 Å². The van der Waals surface area contributed by atoms with E-state index in [9.17, 15) is 9.90 Å². The van der Waals surface area contributed by atoms with Crippen molar-refractivity contribution in [2.24, 2.45) is 0 Å². The number of nitrogens with one attached hydrogen (secondary N) is 1. The quantitative estimate of drug-likeness (QED) is 0.664. The molecule has 1 amide bonds. The highest BCUT2D eigenvalue weighted by Gasteiger charge is 2.09. The molecule has 0 atom stereocenters. The van der Waals surface area contributed by atoms with E-state index in [2.05, 4.69) is 5.32 Å². The van der Waals surface area contributed by atoms with E-state index in [-0.39, 0.29) is 12.4 Å². The topological polar surface area (TPSA) is 58.6 Å². The normalized spacial score (nSPS) is 10.2. The SMILES string of the molecule is O=C(Nc1cc(Cc2ccccc2)ccc1O)OCc1ccccc1. The van der Waals surface area contributed by atoms with Crippen molar-refractivity contribution in [2.45, 2.75) is 13.0 Å². The Kier molecular flexibility index (Phi) is 5.32. The Labute approximate surface area is 146 Å². The fourth-order valence-electron chi connectivity index (χ4n) is 2.49. The van der Waals surface area contributed by atoms with Crippen LogP contribution in [0.25, 0.3) is 0 Å². The maximum Gasteiger partial charge on any atom is 0.412 e. The first kappa shape index (κ1) is 16.6. The predicted molar refractivity (Wildman–Crippen MR) is 97.6 cm³/mol. The first-order valence-electron chi connectivity index (χ1n) is 8.04. The third kappa shape index (κ3) is 4.85. The minimum absolute atomic E-state index is 0.00785. The molecule has 0 saturated carbocycles. The van der Waals surface area contributed by atoms with Crippen LogP contribution >= 0.6 is 0 Å². The number of carbonyl (C=O) groups excluding carboxylic acids is 1. The molecule has 0 aliphatic carbocycles. The summed E-state index contributed by atoms with van der Waals surface area (Å²) >= 11 is 0. The van der Waals surface area contributed by atoms with Gasteiger partial charge in [-0.05, 0) is 35.2 Å². The molecule has 4 heteroatoms. The van der Waals surface area contributed by atoms with Crippen LogP contribution in [0.15, 0.2) is 78.9 Å². The van der Waals surface area contributed by atoms with E-state index < -0.39 is 6.09 Å². The van der Waals surface area contributed by atoms with Gasteiger partial charge >= 0.3 is 6.09 Å². The lowest BCUT2D eigenvalue weighted by molar-refractivity contribution is 0.155. The van der Waals surface area contributed by atoms with E-state index in [1.165, 1.54) is 0 Å². The number of aromatic hydroxyl groups is 1. The largest absolute Gasteiger partial charge is 0.506 e. The summed E-state index contributed by atoms with van der Waals surface area (Å²) in [5, 5.41) is 12.6. The lowest BCUT2D eigenvalue weighted by Crippen LogP contribution is -2.13. The van der Waals surface area contributed by atoms with E-state index in [4.69, 9.17) is 4.74 Å². The van der Waals surface area contributed by atoms with Crippen LogP contribution in [0.1, 0.15) is 16.7 Å². The molecule has 3 rings (SSSR count). The zero-order valence-corrected chi connectivity index (χ0v) is 13.7. The highest BCUT2D eigenvalue weighted by atomic mass is 16.5. The van der Waals surface area contributed by atoms with E-state index in [1.54, 1.807) is 12.1 Å². The molecule has 0 spiro atoms. The average Bonchev–Trinajstić information content (AvgIpc) is 2.64. The van der Waals surface area contributed by atoms with Gasteiger partial charge in [-0.3, -0.25) is 5.32 Å². The molecular weight excluding hydrogens is 314 g/mol. The molecule has 4 nitrogen and oxygen atoms in total. The highest BCUT2D eigenvalue weighted by Crippen LogP contribution is 2.25. The van der Waals surface area contributed by atoms with Gasteiger partial charge in [-0.1, -0.05) is 66.7 Å². The number of amides is 1. The second-order valence-electron chi connectivity index (χ2n) is 5.70. The zero-order valence-electron chi connectivity index (χ0n) is 13.7. The Balaban J connectivity index is 1.63. The summed E-state index contributed by atoms with van der Waals surface area (Å²) in [6.45, 7) is 0.178. The molecule has 3 aromatic carbocycles. The van der Waals surface area contributed by atoms with E-state index in [0.717, 1.165) is 23.1 Å². The van der Waals surface area contributed by atoms with Crippen LogP contribution in [-0.2, 0) is 17.8 Å². The first-order chi connectivity index (χ1) is 12.2. The Morgan fingerprint density at radius 2 is 1.48 bits per heavy atom. The molecular formula is C21H19NO3. The summed E-state index contributed by atoms with van der Waals surface area (Å²) in [7, 11) is 0. The summed E-state index contributed by atoms with van der Waals surface area (Å²) < 4.78 is 5.18. The molecule has 0 saturated heterocycles. The number of anilines is 1. The van der Waals surface area contributed by atoms with Crippen molar-refractivity contribution < 1.29 is 14.6 Å². The fourth-order valence-corrected chi connectivity index (χ4v) is 2.49. The minimum atomic E-state index is -0.601. The average molecular weight is 333 g/mol. The highest BCUT2D eigenvalue weighted by molar-refractivity contribution is 5.86. The molecule has 0 aromatic heterocycles. The second kappa shape index (κ2) is 8.02. The van der Waals surface area contributed by atoms with Crippen LogP contribution in [-0.4, -0.2) is 11.2 Å². The van der Waals surface area contributed by atoms with Crippen molar-refractivity contribution >= 4 is 11.8 Å². The number of phenolic OH excluding ortho intramolecular Hbond substituents is 1. The van der Waals surface area contributed by atoms with Gasteiger partial charge < -0.3 is 9.84 Å². The van der Waals surface area contributed by atoms with Crippen LogP contribution in [0.4, 0.5) is 10.5 Å². The number of phenols is 1. The Morgan fingerprint density at radius 1 is 0.840 bits per heavy atom. The number of hydrogen-bond acceptors (Lipinski definition) is 3. The van der Waals surface area contributed by atoms with Crippen LogP contribution in [0.5, 0.6) is 5.75 Å². The van der Waals surface area contributed by atoms with Gasteiger partial charge in [0.25, 0.3) is 0 Å². The maximum absolute atomic E-state index is 12.0. The molecule has 0 aliphatic rings. The van der Waals surface area contributed by atoms with Gasteiger partial charge in [0.2, 0.25) is 0 Å². The van der Waals surface area contributed by atoms with E-state index in [1.807, 2.05) is 66.7 Å². The maximum atomic E-state index is 12.0. The predicted octanol–water partition coefficient (Wildman–Crippen LogP) is 4.73. The monoisotopic (exact) mass is 333 g/mol. The Morgan fingerprint density at radius 3 is 2.16 bits per heavy atom. The Hall–Kier alpha value is -3.27. The molecule has 0 heterocycles. The van der Waals surface area contributed by atoms with Crippen molar-refractivity contribution in [2.75, 3.05) is 5.32 Å². The number of benzene rings is 3. The third-order valence-corrected chi connectivity index (χ3v) is 3.76. The molecule has 0 bridgehead atoms. The molecule has 0 unspecified atom stereocenters. The lowest BCUT2D eigenvalue weighted by atomic mass is 10.0. The van der Waals surface area contributed by atoms with Gasteiger partial charge in [-0.15, -0.1) is 0 Å². The van der Waals surface area contributed by atoms with Crippen molar-refractivity contribution in [1.29, 1.82) is 0 Å². The molecule has 0 aliphatic heterocycles. The zero-order chi connectivity index (χ0) is 17.5. The van der Waals surface area contributed by atoms with Crippen LogP contribution < -0.4 is 5.32 Å². The van der Waals surface area contributed by atoms with Crippen molar-refractivity contribution in [3.63, 3.8) is 0 Å². The standard InChI is InChI=1S/C21H19NO3/c23-20-12-11-18(13-16-7-3-1-4-8-16)14-19(20)22-21(24)25-15-17-9-5-2-6-10-17/h1-12,14,23H,13,15H2,(H,22,24). The first-order valence-corrected chi connectivity index (χ1v) is 8.04. The fraction of sp³-hybridized carbons (Fsp3) is 0.0952.